The summed E-state index contributed by atoms with van der Waals surface area (Å²) in [5, 5.41) is 0. The summed E-state index contributed by atoms with van der Waals surface area (Å²) in [5.74, 6) is -0.0466. The van der Waals surface area contributed by atoms with Crippen LogP contribution in [0, 0.1) is 5.82 Å². The summed E-state index contributed by atoms with van der Waals surface area (Å²) in [6, 6.07) is 9.30. The molecule has 0 aromatic heterocycles. The number of nitrogens with zero attached hydrogens (tertiary/aromatic N) is 1. The molecule has 0 aliphatic carbocycles. The standard InChI is InChI=1S/C19H16FNO5/c1-23-15-9-8-11(16(24-2)17(15)25-3)10-14-19(22)26-18(21-14)12-6-4-5-7-13(12)20/h4-10H,1-3H3. The smallest absolute Gasteiger partial charge is 0.363 e. The van der Waals surface area contributed by atoms with Gasteiger partial charge in [-0.3, -0.25) is 0 Å². The Labute approximate surface area is 149 Å². The molecule has 26 heavy (non-hydrogen) atoms. The number of rotatable bonds is 5. The highest BCUT2D eigenvalue weighted by atomic mass is 19.1. The highest BCUT2D eigenvalue weighted by Crippen LogP contribution is 2.40. The van der Waals surface area contributed by atoms with Gasteiger partial charge in [0.05, 0.1) is 26.9 Å². The van der Waals surface area contributed by atoms with Gasteiger partial charge in [-0.2, -0.15) is 0 Å². The van der Waals surface area contributed by atoms with Gasteiger partial charge in [-0.1, -0.05) is 12.1 Å². The maximum atomic E-state index is 13.9. The van der Waals surface area contributed by atoms with Crippen LogP contribution in [0.25, 0.3) is 6.08 Å². The predicted molar refractivity (Wildman–Crippen MR) is 93.1 cm³/mol. The first-order valence-electron chi connectivity index (χ1n) is 7.65. The average Bonchev–Trinajstić information content (AvgIpc) is 3.01. The molecule has 134 valence electrons. The number of cyclic esters (lactones) is 1. The molecule has 1 aliphatic rings. The summed E-state index contributed by atoms with van der Waals surface area (Å²) in [6.45, 7) is 0. The third kappa shape index (κ3) is 3.11. The molecule has 0 bridgehead atoms. The van der Waals surface area contributed by atoms with E-state index < -0.39 is 11.8 Å². The molecular formula is C19H16FNO5. The molecule has 0 unspecified atom stereocenters. The van der Waals surface area contributed by atoms with Gasteiger partial charge in [0.15, 0.2) is 17.2 Å². The van der Waals surface area contributed by atoms with Crippen LogP contribution in [0.4, 0.5) is 4.39 Å². The van der Waals surface area contributed by atoms with Crippen LogP contribution < -0.4 is 14.2 Å². The van der Waals surface area contributed by atoms with E-state index in [0.717, 1.165) is 0 Å². The van der Waals surface area contributed by atoms with Crippen molar-refractivity contribution in [3.05, 3.63) is 59.0 Å². The molecule has 0 saturated heterocycles. The van der Waals surface area contributed by atoms with E-state index in [2.05, 4.69) is 4.99 Å². The lowest BCUT2D eigenvalue weighted by molar-refractivity contribution is -0.129. The lowest BCUT2D eigenvalue weighted by Gasteiger charge is -2.14. The number of methoxy groups -OCH3 is 3. The summed E-state index contributed by atoms with van der Waals surface area (Å²) in [6.07, 6.45) is 1.48. The Morgan fingerprint density at radius 2 is 1.73 bits per heavy atom. The molecule has 0 atom stereocenters. The zero-order chi connectivity index (χ0) is 18.7. The molecule has 1 heterocycles. The zero-order valence-corrected chi connectivity index (χ0v) is 14.4. The molecule has 1 aliphatic heterocycles. The molecule has 0 N–H and O–H groups in total. The number of halogens is 1. The molecule has 0 saturated carbocycles. The number of esters is 1. The number of hydrogen-bond donors (Lipinski definition) is 0. The molecule has 0 amide bonds. The summed E-state index contributed by atoms with van der Waals surface area (Å²) in [4.78, 5) is 16.2. The Kier molecular flexibility index (Phi) is 4.88. The van der Waals surface area contributed by atoms with Crippen molar-refractivity contribution in [2.75, 3.05) is 21.3 Å². The quantitative estimate of drug-likeness (QED) is 0.607. The minimum atomic E-state index is -0.680. The molecular weight excluding hydrogens is 341 g/mol. The van der Waals surface area contributed by atoms with Crippen molar-refractivity contribution >= 4 is 17.9 Å². The third-order valence-corrected chi connectivity index (χ3v) is 3.75. The van der Waals surface area contributed by atoms with E-state index in [1.807, 2.05) is 0 Å². The van der Waals surface area contributed by atoms with Gasteiger partial charge in [-0.15, -0.1) is 0 Å². The topological polar surface area (TPSA) is 66.4 Å². The van der Waals surface area contributed by atoms with Crippen molar-refractivity contribution in [1.29, 1.82) is 0 Å². The van der Waals surface area contributed by atoms with E-state index in [9.17, 15) is 9.18 Å². The van der Waals surface area contributed by atoms with Gasteiger partial charge in [-0.25, -0.2) is 14.2 Å². The molecule has 7 heteroatoms. The van der Waals surface area contributed by atoms with Crippen LogP contribution in [0.3, 0.4) is 0 Å². The zero-order valence-electron chi connectivity index (χ0n) is 14.4. The number of ether oxygens (including phenoxy) is 4. The number of carbonyl (C=O) groups excluding carboxylic acids is 1. The lowest BCUT2D eigenvalue weighted by atomic mass is 10.1. The Bertz CT molecular complexity index is 920. The highest BCUT2D eigenvalue weighted by molar-refractivity contribution is 6.13. The minimum Gasteiger partial charge on any atom is -0.493 e. The highest BCUT2D eigenvalue weighted by Gasteiger charge is 2.27. The summed E-state index contributed by atoms with van der Waals surface area (Å²) in [5.41, 5.74) is 0.674. The third-order valence-electron chi connectivity index (χ3n) is 3.75. The van der Waals surface area contributed by atoms with Gasteiger partial charge < -0.3 is 18.9 Å². The van der Waals surface area contributed by atoms with Crippen LogP contribution in [-0.2, 0) is 9.53 Å². The van der Waals surface area contributed by atoms with Crippen molar-refractivity contribution in [2.24, 2.45) is 4.99 Å². The Morgan fingerprint density at radius 3 is 2.38 bits per heavy atom. The normalized spacial score (nSPS) is 14.8. The van der Waals surface area contributed by atoms with E-state index in [-0.39, 0.29) is 17.2 Å². The Balaban J connectivity index is 2.05. The van der Waals surface area contributed by atoms with Gasteiger partial charge in [-0.05, 0) is 30.3 Å². The molecule has 0 radical (unpaired) electrons. The van der Waals surface area contributed by atoms with Crippen LogP contribution in [0.2, 0.25) is 0 Å². The largest absolute Gasteiger partial charge is 0.493 e. The molecule has 0 spiro atoms. The maximum absolute atomic E-state index is 13.9. The first kappa shape index (κ1) is 17.5. The molecule has 0 fully saturated rings. The van der Waals surface area contributed by atoms with Gasteiger partial charge in [0.25, 0.3) is 0 Å². The lowest BCUT2D eigenvalue weighted by Crippen LogP contribution is -2.07. The van der Waals surface area contributed by atoms with Crippen molar-refractivity contribution in [3.8, 4) is 17.2 Å². The number of aliphatic imine (C=N–C) groups is 1. The summed E-state index contributed by atoms with van der Waals surface area (Å²) in [7, 11) is 4.46. The molecule has 6 nitrogen and oxygen atoms in total. The Hall–Kier alpha value is -3.35. The van der Waals surface area contributed by atoms with Crippen molar-refractivity contribution < 1.29 is 28.1 Å². The van der Waals surface area contributed by atoms with Gasteiger partial charge in [0.2, 0.25) is 11.6 Å². The predicted octanol–water partition coefficient (Wildman–Crippen LogP) is 3.20. The summed E-state index contributed by atoms with van der Waals surface area (Å²) < 4.78 is 34.9. The van der Waals surface area contributed by atoms with Crippen LogP contribution in [-0.4, -0.2) is 33.2 Å². The minimum absolute atomic E-state index is 0.0220. The SMILES string of the molecule is COc1ccc(C=C2N=C(c3ccccc3F)OC2=O)c(OC)c1OC. The van der Waals surface area contributed by atoms with Crippen LogP contribution in [0.15, 0.2) is 47.1 Å². The Morgan fingerprint density at radius 1 is 1.00 bits per heavy atom. The maximum Gasteiger partial charge on any atom is 0.363 e. The second-order valence-electron chi connectivity index (χ2n) is 5.24. The number of hydrogen-bond acceptors (Lipinski definition) is 6. The van der Waals surface area contributed by atoms with Crippen LogP contribution >= 0.6 is 0 Å². The first-order chi connectivity index (χ1) is 12.6. The van der Waals surface area contributed by atoms with Crippen molar-refractivity contribution in [2.45, 2.75) is 0 Å². The number of benzene rings is 2. The van der Waals surface area contributed by atoms with E-state index in [4.69, 9.17) is 18.9 Å². The second kappa shape index (κ2) is 7.26. The van der Waals surface area contributed by atoms with Crippen molar-refractivity contribution in [3.63, 3.8) is 0 Å². The van der Waals surface area contributed by atoms with E-state index >= 15 is 0 Å². The average molecular weight is 357 g/mol. The summed E-state index contributed by atoms with van der Waals surface area (Å²) >= 11 is 0. The number of carbonyl (C=O) groups is 1. The second-order valence-corrected chi connectivity index (χ2v) is 5.24. The van der Waals surface area contributed by atoms with Gasteiger partial charge >= 0.3 is 5.97 Å². The fourth-order valence-corrected chi connectivity index (χ4v) is 2.54. The molecule has 2 aromatic rings. The van der Waals surface area contributed by atoms with E-state index in [0.29, 0.717) is 22.8 Å². The van der Waals surface area contributed by atoms with Gasteiger partial charge in [0.1, 0.15) is 5.82 Å². The van der Waals surface area contributed by atoms with E-state index in [1.165, 1.54) is 39.5 Å². The van der Waals surface area contributed by atoms with Gasteiger partial charge in [0, 0.05) is 5.56 Å². The van der Waals surface area contributed by atoms with Crippen molar-refractivity contribution in [1.82, 2.24) is 0 Å². The van der Waals surface area contributed by atoms with E-state index in [1.54, 1.807) is 24.3 Å². The molecule has 3 rings (SSSR count). The monoisotopic (exact) mass is 357 g/mol. The first-order valence-corrected chi connectivity index (χ1v) is 7.65. The fraction of sp³-hybridized carbons (Fsp3) is 0.158. The van der Waals surface area contributed by atoms with Crippen LogP contribution in [0.1, 0.15) is 11.1 Å². The molecule has 2 aromatic carbocycles. The fourth-order valence-electron chi connectivity index (χ4n) is 2.54. The van der Waals surface area contributed by atoms with Crippen LogP contribution in [0.5, 0.6) is 17.2 Å².